The van der Waals surface area contributed by atoms with Gasteiger partial charge in [0, 0.05) is 25.7 Å². The summed E-state index contributed by atoms with van der Waals surface area (Å²) in [6.07, 6.45) is 0. The smallest absolute Gasteiger partial charge is 0.165 e. The molecule has 1 aliphatic rings. The molecule has 23 heavy (non-hydrogen) atoms. The summed E-state index contributed by atoms with van der Waals surface area (Å²) in [5, 5.41) is 4.58. The second kappa shape index (κ2) is 6.42. The number of ether oxygens (including phenoxy) is 1. The van der Waals surface area contributed by atoms with E-state index in [0.717, 1.165) is 50.1 Å². The summed E-state index contributed by atoms with van der Waals surface area (Å²) in [4.78, 5) is 7.07. The minimum atomic E-state index is 0.167. The van der Waals surface area contributed by atoms with Crippen LogP contribution in [-0.2, 0) is 23.7 Å². The standard InChI is InChI=1S/C18H26N4O/c1-18(2,3)15-7-5-14(6-8-15)17-19-16(20-21(17)4)13-22-9-11-23-12-10-22/h5-8H,9-13H2,1-4H3. The summed E-state index contributed by atoms with van der Waals surface area (Å²) in [5.41, 5.74) is 2.61. The lowest BCUT2D eigenvalue weighted by Gasteiger charge is -2.25. The van der Waals surface area contributed by atoms with Crippen molar-refractivity contribution in [2.24, 2.45) is 7.05 Å². The van der Waals surface area contributed by atoms with Crippen LogP contribution in [0, 0.1) is 0 Å². The molecule has 1 aliphatic heterocycles. The fourth-order valence-electron chi connectivity index (χ4n) is 2.83. The summed E-state index contributed by atoms with van der Waals surface area (Å²) < 4.78 is 7.26. The molecule has 124 valence electrons. The number of benzene rings is 1. The summed E-state index contributed by atoms with van der Waals surface area (Å²) in [6.45, 7) is 11.0. The van der Waals surface area contributed by atoms with Crippen molar-refractivity contribution in [3.05, 3.63) is 35.7 Å². The molecule has 2 aromatic rings. The van der Waals surface area contributed by atoms with Crippen molar-refractivity contribution in [3.63, 3.8) is 0 Å². The van der Waals surface area contributed by atoms with Crippen molar-refractivity contribution >= 4 is 0 Å². The highest BCUT2D eigenvalue weighted by Gasteiger charge is 2.17. The summed E-state index contributed by atoms with van der Waals surface area (Å²) in [7, 11) is 1.96. The van der Waals surface area contributed by atoms with Gasteiger partial charge in [-0.15, -0.1) is 0 Å². The fraction of sp³-hybridized carbons (Fsp3) is 0.556. The number of nitrogens with zero attached hydrogens (tertiary/aromatic N) is 4. The molecule has 0 aliphatic carbocycles. The third-order valence-corrected chi connectivity index (χ3v) is 4.28. The summed E-state index contributed by atoms with van der Waals surface area (Å²) in [5.74, 6) is 1.80. The van der Waals surface area contributed by atoms with Crippen molar-refractivity contribution in [1.82, 2.24) is 19.7 Å². The zero-order chi connectivity index (χ0) is 16.4. The van der Waals surface area contributed by atoms with Crippen molar-refractivity contribution in [2.45, 2.75) is 32.7 Å². The van der Waals surface area contributed by atoms with E-state index in [4.69, 9.17) is 9.72 Å². The van der Waals surface area contributed by atoms with Crippen molar-refractivity contribution in [1.29, 1.82) is 0 Å². The van der Waals surface area contributed by atoms with Crippen LogP contribution in [0.3, 0.4) is 0 Å². The maximum Gasteiger partial charge on any atom is 0.165 e. The van der Waals surface area contributed by atoms with Crippen LogP contribution in [0.5, 0.6) is 0 Å². The van der Waals surface area contributed by atoms with Gasteiger partial charge in [0.15, 0.2) is 11.6 Å². The molecule has 1 aromatic carbocycles. The first-order valence-corrected chi connectivity index (χ1v) is 8.24. The first-order chi connectivity index (χ1) is 10.9. The topological polar surface area (TPSA) is 43.2 Å². The Morgan fingerprint density at radius 3 is 2.35 bits per heavy atom. The van der Waals surface area contributed by atoms with Crippen LogP contribution in [0.1, 0.15) is 32.2 Å². The Balaban J connectivity index is 1.77. The molecule has 0 saturated carbocycles. The van der Waals surface area contributed by atoms with E-state index in [2.05, 4.69) is 55.0 Å². The molecule has 3 rings (SSSR count). The Kier molecular flexibility index (Phi) is 4.50. The Morgan fingerprint density at radius 2 is 1.74 bits per heavy atom. The first-order valence-electron chi connectivity index (χ1n) is 8.24. The number of rotatable bonds is 3. The Labute approximate surface area is 138 Å². The molecule has 0 spiro atoms. The van der Waals surface area contributed by atoms with Gasteiger partial charge in [0.1, 0.15) is 0 Å². The zero-order valence-corrected chi connectivity index (χ0v) is 14.5. The monoisotopic (exact) mass is 314 g/mol. The van der Waals surface area contributed by atoms with Gasteiger partial charge in [-0.3, -0.25) is 4.90 Å². The van der Waals surface area contributed by atoms with Crippen LogP contribution in [0.2, 0.25) is 0 Å². The largest absolute Gasteiger partial charge is 0.379 e. The van der Waals surface area contributed by atoms with E-state index in [0.29, 0.717) is 0 Å². The van der Waals surface area contributed by atoms with Crippen molar-refractivity contribution < 1.29 is 4.74 Å². The van der Waals surface area contributed by atoms with Gasteiger partial charge in [-0.25, -0.2) is 9.67 Å². The highest BCUT2D eigenvalue weighted by Crippen LogP contribution is 2.25. The van der Waals surface area contributed by atoms with Crippen LogP contribution in [0.15, 0.2) is 24.3 Å². The van der Waals surface area contributed by atoms with E-state index in [1.54, 1.807) is 0 Å². The normalized spacial score (nSPS) is 16.7. The van der Waals surface area contributed by atoms with E-state index >= 15 is 0 Å². The number of hydrogen-bond acceptors (Lipinski definition) is 4. The maximum atomic E-state index is 5.39. The average Bonchev–Trinajstić information content (AvgIpc) is 2.88. The number of morpholine rings is 1. The molecule has 0 N–H and O–H groups in total. The molecule has 0 amide bonds. The Morgan fingerprint density at radius 1 is 1.09 bits per heavy atom. The number of hydrogen-bond donors (Lipinski definition) is 0. The fourth-order valence-corrected chi connectivity index (χ4v) is 2.83. The Bertz CT molecular complexity index is 649. The SMILES string of the molecule is Cn1nc(CN2CCOCC2)nc1-c1ccc(C(C)(C)C)cc1. The van der Waals surface area contributed by atoms with Crippen molar-refractivity contribution in [2.75, 3.05) is 26.3 Å². The Hall–Kier alpha value is -1.72. The second-order valence-corrected chi connectivity index (χ2v) is 7.19. The quantitative estimate of drug-likeness (QED) is 0.873. The summed E-state index contributed by atoms with van der Waals surface area (Å²) in [6, 6.07) is 8.66. The highest BCUT2D eigenvalue weighted by molar-refractivity contribution is 5.56. The molecule has 5 nitrogen and oxygen atoms in total. The van der Waals surface area contributed by atoms with Gasteiger partial charge in [0.2, 0.25) is 0 Å². The van der Waals surface area contributed by atoms with E-state index < -0.39 is 0 Å². The van der Waals surface area contributed by atoms with E-state index in [1.165, 1.54) is 5.56 Å². The molecule has 0 bridgehead atoms. The van der Waals surface area contributed by atoms with Gasteiger partial charge in [-0.2, -0.15) is 5.10 Å². The van der Waals surface area contributed by atoms with Gasteiger partial charge in [-0.1, -0.05) is 45.0 Å². The van der Waals surface area contributed by atoms with Crippen molar-refractivity contribution in [3.8, 4) is 11.4 Å². The lowest BCUT2D eigenvalue weighted by atomic mass is 9.87. The van der Waals surface area contributed by atoms with Crippen LogP contribution in [-0.4, -0.2) is 46.0 Å². The molecule has 1 aromatic heterocycles. The van der Waals surface area contributed by atoms with Gasteiger partial charge >= 0.3 is 0 Å². The zero-order valence-electron chi connectivity index (χ0n) is 14.5. The molecule has 0 unspecified atom stereocenters. The van der Waals surface area contributed by atoms with Gasteiger partial charge in [0.25, 0.3) is 0 Å². The molecule has 5 heteroatoms. The highest BCUT2D eigenvalue weighted by atomic mass is 16.5. The number of aryl methyl sites for hydroxylation is 1. The minimum absolute atomic E-state index is 0.167. The predicted octanol–water partition coefficient (Wildman–Crippen LogP) is 2.61. The van der Waals surface area contributed by atoms with Crippen LogP contribution >= 0.6 is 0 Å². The molecule has 1 fully saturated rings. The van der Waals surface area contributed by atoms with Gasteiger partial charge in [-0.05, 0) is 11.0 Å². The first kappa shape index (κ1) is 16.1. The van der Waals surface area contributed by atoms with Gasteiger partial charge < -0.3 is 4.74 Å². The van der Waals surface area contributed by atoms with Crippen LogP contribution in [0.25, 0.3) is 11.4 Å². The van der Waals surface area contributed by atoms with Crippen LogP contribution < -0.4 is 0 Å². The summed E-state index contributed by atoms with van der Waals surface area (Å²) >= 11 is 0. The molecule has 0 radical (unpaired) electrons. The van der Waals surface area contributed by atoms with E-state index in [9.17, 15) is 0 Å². The third-order valence-electron chi connectivity index (χ3n) is 4.28. The lowest BCUT2D eigenvalue weighted by molar-refractivity contribution is 0.0330. The lowest BCUT2D eigenvalue weighted by Crippen LogP contribution is -2.35. The predicted molar refractivity (Wildman–Crippen MR) is 91.2 cm³/mol. The van der Waals surface area contributed by atoms with E-state index in [1.807, 2.05) is 11.7 Å². The molecule has 0 atom stereocenters. The van der Waals surface area contributed by atoms with Gasteiger partial charge in [0.05, 0.1) is 19.8 Å². The molecule has 1 saturated heterocycles. The second-order valence-electron chi connectivity index (χ2n) is 7.19. The van der Waals surface area contributed by atoms with E-state index in [-0.39, 0.29) is 5.41 Å². The average molecular weight is 314 g/mol. The minimum Gasteiger partial charge on any atom is -0.379 e. The maximum absolute atomic E-state index is 5.39. The number of aromatic nitrogens is 3. The molecule has 2 heterocycles. The molecular formula is C18H26N4O. The van der Waals surface area contributed by atoms with Crippen LogP contribution in [0.4, 0.5) is 0 Å². The molecular weight excluding hydrogens is 288 g/mol. The third kappa shape index (κ3) is 3.79.